The molecule has 0 atom stereocenters. The Morgan fingerprint density at radius 3 is 2.44 bits per heavy atom. The van der Waals surface area contributed by atoms with E-state index in [1.807, 2.05) is 0 Å². The molecule has 1 saturated carbocycles. The average Bonchev–Trinajstić information content (AvgIpc) is 2.29. The summed E-state index contributed by atoms with van der Waals surface area (Å²) >= 11 is 0. The van der Waals surface area contributed by atoms with E-state index in [1.54, 1.807) is 0 Å². The summed E-state index contributed by atoms with van der Waals surface area (Å²) in [5.74, 6) is 1.60. The van der Waals surface area contributed by atoms with Gasteiger partial charge in [-0.3, -0.25) is 4.99 Å². The van der Waals surface area contributed by atoms with Crippen LogP contribution in [0.25, 0.3) is 0 Å². The van der Waals surface area contributed by atoms with Crippen LogP contribution in [0.3, 0.4) is 0 Å². The van der Waals surface area contributed by atoms with Crippen molar-refractivity contribution in [1.29, 1.82) is 0 Å². The molecule has 0 aliphatic heterocycles. The van der Waals surface area contributed by atoms with Crippen molar-refractivity contribution in [1.82, 2.24) is 5.32 Å². The SMILES string of the molecule is CCCN=C(N)NC1CCC(CCC)CC1. The van der Waals surface area contributed by atoms with Gasteiger partial charge in [0.25, 0.3) is 0 Å². The standard InChI is InChI=1S/C13H27N3/c1-3-5-11-6-8-12(9-7-11)16-13(14)15-10-4-2/h11-12H,3-10H2,1-2H3,(H3,14,15,16). The third-order valence-electron chi connectivity index (χ3n) is 3.40. The average molecular weight is 225 g/mol. The molecule has 3 heteroatoms. The third-order valence-corrected chi connectivity index (χ3v) is 3.40. The van der Waals surface area contributed by atoms with Gasteiger partial charge in [0.2, 0.25) is 0 Å². The van der Waals surface area contributed by atoms with Gasteiger partial charge in [0, 0.05) is 12.6 Å². The summed E-state index contributed by atoms with van der Waals surface area (Å²) in [6.45, 7) is 5.23. The number of aliphatic imine (C=N–C) groups is 1. The maximum absolute atomic E-state index is 5.82. The molecule has 1 aliphatic carbocycles. The summed E-state index contributed by atoms with van der Waals surface area (Å²) in [6.07, 6.45) is 9.00. The number of rotatable bonds is 5. The molecule has 0 radical (unpaired) electrons. The lowest BCUT2D eigenvalue weighted by Crippen LogP contribution is -2.42. The van der Waals surface area contributed by atoms with Crippen molar-refractivity contribution >= 4 is 5.96 Å². The fourth-order valence-corrected chi connectivity index (χ4v) is 2.49. The molecule has 0 aromatic carbocycles. The highest BCUT2D eigenvalue weighted by atomic mass is 15.1. The Morgan fingerprint density at radius 1 is 1.19 bits per heavy atom. The molecule has 1 fully saturated rings. The van der Waals surface area contributed by atoms with E-state index in [2.05, 4.69) is 24.2 Å². The predicted octanol–water partition coefficient (Wildman–Crippen LogP) is 2.66. The van der Waals surface area contributed by atoms with E-state index in [0.29, 0.717) is 12.0 Å². The first-order valence-electron chi connectivity index (χ1n) is 6.82. The topological polar surface area (TPSA) is 50.4 Å². The highest BCUT2D eigenvalue weighted by Gasteiger charge is 2.20. The lowest BCUT2D eigenvalue weighted by molar-refractivity contribution is 0.295. The Bertz CT molecular complexity index is 205. The molecule has 0 heterocycles. The van der Waals surface area contributed by atoms with Crippen molar-refractivity contribution in [3.63, 3.8) is 0 Å². The summed E-state index contributed by atoms with van der Waals surface area (Å²) in [5, 5.41) is 3.34. The zero-order valence-electron chi connectivity index (χ0n) is 10.8. The first-order valence-corrected chi connectivity index (χ1v) is 6.82. The Kier molecular flexibility index (Phi) is 6.27. The smallest absolute Gasteiger partial charge is 0.188 e. The van der Waals surface area contributed by atoms with Crippen molar-refractivity contribution in [3.8, 4) is 0 Å². The van der Waals surface area contributed by atoms with Gasteiger partial charge in [-0.05, 0) is 38.0 Å². The van der Waals surface area contributed by atoms with Crippen LogP contribution < -0.4 is 11.1 Å². The van der Waals surface area contributed by atoms with Crippen LogP contribution in [0.15, 0.2) is 4.99 Å². The zero-order valence-corrected chi connectivity index (χ0v) is 10.8. The summed E-state index contributed by atoms with van der Waals surface area (Å²) in [5.41, 5.74) is 5.82. The second-order valence-corrected chi connectivity index (χ2v) is 4.92. The van der Waals surface area contributed by atoms with E-state index < -0.39 is 0 Å². The number of nitrogens with one attached hydrogen (secondary N) is 1. The molecule has 0 amide bonds. The number of hydrogen-bond donors (Lipinski definition) is 2. The van der Waals surface area contributed by atoms with Crippen LogP contribution in [-0.2, 0) is 0 Å². The van der Waals surface area contributed by atoms with Gasteiger partial charge in [-0.15, -0.1) is 0 Å². The minimum atomic E-state index is 0.564. The Balaban J connectivity index is 2.21. The van der Waals surface area contributed by atoms with E-state index in [-0.39, 0.29) is 0 Å². The molecule has 0 bridgehead atoms. The van der Waals surface area contributed by atoms with Crippen LogP contribution in [0.5, 0.6) is 0 Å². The fraction of sp³-hybridized carbons (Fsp3) is 0.923. The van der Waals surface area contributed by atoms with E-state index >= 15 is 0 Å². The van der Waals surface area contributed by atoms with Crippen LogP contribution in [0.1, 0.15) is 58.8 Å². The zero-order chi connectivity index (χ0) is 11.8. The summed E-state index contributed by atoms with van der Waals surface area (Å²) < 4.78 is 0. The van der Waals surface area contributed by atoms with Gasteiger partial charge in [-0.2, -0.15) is 0 Å². The number of guanidine groups is 1. The van der Waals surface area contributed by atoms with Gasteiger partial charge in [0.05, 0.1) is 0 Å². The van der Waals surface area contributed by atoms with E-state index in [4.69, 9.17) is 5.73 Å². The Labute approximate surface area is 99.9 Å². The third kappa shape index (κ3) is 4.86. The molecule has 0 spiro atoms. The molecule has 1 rings (SSSR count). The second-order valence-electron chi connectivity index (χ2n) is 4.92. The lowest BCUT2D eigenvalue weighted by atomic mass is 9.83. The van der Waals surface area contributed by atoms with Crippen LogP contribution >= 0.6 is 0 Å². The molecule has 0 aromatic heterocycles. The largest absolute Gasteiger partial charge is 0.370 e. The minimum absolute atomic E-state index is 0.564. The monoisotopic (exact) mass is 225 g/mol. The summed E-state index contributed by atoms with van der Waals surface area (Å²) in [7, 11) is 0. The number of hydrogen-bond acceptors (Lipinski definition) is 1. The molecule has 0 unspecified atom stereocenters. The van der Waals surface area contributed by atoms with Crippen LogP contribution in [-0.4, -0.2) is 18.5 Å². The molecule has 1 aliphatic rings. The van der Waals surface area contributed by atoms with E-state index in [0.717, 1.165) is 18.9 Å². The van der Waals surface area contributed by atoms with Gasteiger partial charge in [0.15, 0.2) is 5.96 Å². The van der Waals surface area contributed by atoms with Gasteiger partial charge in [-0.25, -0.2) is 0 Å². The van der Waals surface area contributed by atoms with Gasteiger partial charge in [-0.1, -0.05) is 26.7 Å². The second kappa shape index (κ2) is 7.53. The van der Waals surface area contributed by atoms with Crippen molar-refractivity contribution in [2.24, 2.45) is 16.6 Å². The minimum Gasteiger partial charge on any atom is -0.370 e. The highest BCUT2D eigenvalue weighted by Crippen LogP contribution is 2.27. The predicted molar refractivity (Wildman–Crippen MR) is 70.6 cm³/mol. The quantitative estimate of drug-likeness (QED) is 0.558. The normalized spacial score (nSPS) is 26.8. The van der Waals surface area contributed by atoms with Gasteiger partial charge >= 0.3 is 0 Å². The summed E-state index contributed by atoms with van der Waals surface area (Å²) in [6, 6.07) is 0.564. The van der Waals surface area contributed by atoms with Crippen LogP contribution in [0.2, 0.25) is 0 Å². The molecule has 3 nitrogen and oxygen atoms in total. The first-order chi connectivity index (χ1) is 7.76. The van der Waals surface area contributed by atoms with Crippen LogP contribution in [0, 0.1) is 5.92 Å². The maximum atomic E-state index is 5.82. The number of nitrogens with two attached hydrogens (primary N) is 1. The van der Waals surface area contributed by atoms with Crippen molar-refractivity contribution in [2.75, 3.05) is 6.54 Å². The molecular weight excluding hydrogens is 198 g/mol. The lowest BCUT2D eigenvalue weighted by Gasteiger charge is -2.29. The highest BCUT2D eigenvalue weighted by molar-refractivity contribution is 5.78. The molecular formula is C13H27N3. The summed E-state index contributed by atoms with van der Waals surface area (Å²) in [4.78, 5) is 4.28. The molecule has 94 valence electrons. The van der Waals surface area contributed by atoms with Gasteiger partial charge in [0.1, 0.15) is 0 Å². The number of nitrogens with zero attached hydrogens (tertiary/aromatic N) is 1. The van der Waals surface area contributed by atoms with E-state index in [1.165, 1.54) is 38.5 Å². The Morgan fingerprint density at radius 2 is 1.88 bits per heavy atom. The van der Waals surface area contributed by atoms with Gasteiger partial charge < -0.3 is 11.1 Å². The molecule has 3 N–H and O–H groups in total. The van der Waals surface area contributed by atoms with Crippen molar-refractivity contribution < 1.29 is 0 Å². The molecule has 0 saturated heterocycles. The maximum Gasteiger partial charge on any atom is 0.188 e. The Hall–Kier alpha value is -0.730. The van der Waals surface area contributed by atoms with Crippen LogP contribution in [0.4, 0.5) is 0 Å². The van der Waals surface area contributed by atoms with E-state index in [9.17, 15) is 0 Å². The van der Waals surface area contributed by atoms with Crippen molar-refractivity contribution in [3.05, 3.63) is 0 Å². The fourth-order valence-electron chi connectivity index (χ4n) is 2.49. The molecule has 16 heavy (non-hydrogen) atoms. The van der Waals surface area contributed by atoms with Crippen molar-refractivity contribution in [2.45, 2.75) is 64.8 Å². The molecule has 0 aromatic rings. The first kappa shape index (κ1) is 13.3.